The molecule has 2 unspecified atom stereocenters. The van der Waals surface area contributed by atoms with Crippen LogP contribution in [-0.2, 0) is 10.0 Å². The Bertz CT molecular complexity index is 419. The van der Waals surface area contributed by atoms with Gasteiger partial charge in [-0.05, 0) is 23.9 Å². The molecule has 2 rings (SSSR count). The van der Waals surface area contributed by atoms with E-state index in [0.29, 0.717) is 5.92 Å². The summed E-state index contributed by atoms with van der Waals surface area (Å²) in [6.45, 7) is 1.58. The van der Waals surface area contributed by atoms with Gasteiger partial charge in [0.05, 0.1) is 5.75 Å². The molecule has 0 saturated carbocycles. The maximum atomic E-state index is 11.1. The van der Waals surface area contributed by atoms with Gasteiger partial charge in [0.25, 0.3) is 0 Å². The van der Waals surface area contributed by atoms with Gasteiger partial charge in [0, 0.05) is 17.3 Å². The number of sulfonamides is 1. The van der Waals surface area contributed by atoms with Crippen LogP contribution in [0.1, 0.15) is 10.8 Å². The summed E-state index contributed by atoms with van der Waals surface area (Å²) in [5.74, 6) is 0.477. The first-order chi connectivity index (χ1) is 7.06. The zero-order valence-corrected chi connectivity index (χ0v) is 11.1. The van der Waals surface area contributed by atoms with E-state index in [0.717, 1.165) is 13.1 Å². The Morgan fingerprint density at radius 2 is 2.25 bits per heavy atom. The smallest absolute Gasteiger partial charge is 0.209 e. The zero-order valence-electron chi connectivity index (χ0n) is 8.63. The number of hydrogen-bond acceptors (Lipinski definition) is 4. The van der Waals surface area contributed by atoms with Crippen molar-refractivity contribution in [3.63, 3.8) is 0 Å². The molecule has 0 spiro atoms. The Morgan fingerprint density at radius 1 is 1.50 bits per heavy atom. The first-order valence-corrected chi connectivity index (χ1v) is 7.40. The van der Waals surface area contributed by atoms with E-state index in [1.807, 2.05) is 11.4 Å². The molecule has 3 N–H and O–H groups in total. The molecule has 92 valence electrons. The number of thiophene rings is 1. The minimum Gasteiger partial charge on any atom is -0.316 e. The average Bonchev–Trinajstić information content (AvgIpc) is 2.68. The molecular weight excluding hydrogens is 268 g/mol. The van der Waals surface area contributed by atoms with Crippen LogP contribution in [0.3, 0.4) is 0 Å². The monoisotopic (exact) mass is 282 g/mol. The molecule has 1 aliphatic heterocycles. The van der Waals surface area contributed by atoms with E-state index in [-0.39, 0.29) is 24.1 Å². The van der Waals surface area contributed by atoms with E-state index < -0.39 is 10.0 Å². The number of nitrogens with one attached hydrogen (secondary N) is 1. The molecule has 1 aromatic heterocycles. The molecule has 1 fully saturated rings. The van der Waals surface area contributed by atoms with Gasteiger partial charge >= 0.3 is 0 Å². The van der Waals surface area contributed by atoms with Gasteiger partial charge in [-0.25, -0.2) is 13.6 Å². The van der Waals surface area contributed by atoms with Crippen molar-refractivity contribution in [1.29, 1.82) is 0 Å². The highest BCUT2D eigenvalue weighted by Crippen LogP contribution is 2.31. The second-order valence-corrected chi connectivity index (χ2v) is 6.51. The largest absolute Gasteiger partial charge is 0.316 e. The first-order valence-electron chi connectivity index (χ1n) is 4.81. The van der Waals surface area contributed by atoms with E-state index in [1.54, 1.807) is 11.3 Å². The van der Waals surface area contributed by atoms with Crippen molar-refractivity contribution in [3.8, 4) is 0 Å². The molecule has 0 bridgehead atoms. The van der Waals surface area contributed by atoms with Gasteiger partial charge in [-0.1, -0.05) is 6.07 Å². The molecule has 1 aromatic rings. The predicted molar refractivity (Wildman–Crippen MR) is 68.6 cm³/mol. The lowest BCUT2D eigenvalue weighted by atomic mass is 9.96. The average molecular weight is 283 g/mol. The molecule has 16 heavy (non-hydrogen) atoms. The van der Waals surface area contributed by atoms with Crippen LogP contribution in [-0.4, -0.2) is 27.3 Å². The summed E-state index contributed by atoms with van der Waals surface area (Å²) >= 11 is 1.67. The molecule has 1 aliphatic rings. The zero-order chi connectivity index (χ0) is 10.9. The highest BCUT2D eigenvalue weighted by Gasteiger charge is 2.31. The van der Waals surface area contributed by atoms with Crippen molar-refractivity contribution in [3.05, 3.63) is 22.4 Å². The first kappa shape index (κ1) is 13.9. The van der Waals surface area contributed by atoms with E-state index in [1.165, 1.54) is 4.88 Å². The third-order valence-corrected chi connectivity index (χ3v) is 4.59. The maximum Gasteiger partial charge on any atom is 0.209 e. The minimum atomic E-state index is -3.37. The number of primary sulfonamides is 1. The lowest BCUT2D eigenvalue weighted by Crippen LogP contribution is -2.26. The van der Waals surface area contributed by atoms with Crippen LogP contribution in [0, 0.1) is 5.92 Å². The maximum absolute atomic E-state index is 11.1. The summed E-state index contributed by atoms with van der Waals surface area (Å²) in [5, 5.41) is 10.3. The number of halogens is 1. The van der Waals surface area contributed by atoms with Gasteiger partial charge in [-0.2, -0.15) is 0 Å². The van der Waals surface area contributed by atoms with Gasteiger partial charge in [-0.3, -0.25) is 0 Å². The lowest BCUT2D eigenvalue weighted by molar-refractivity contribution is 0.546. The molecule has 0 aliphatic carbocycles. The fourth-order valence-electron chi connectivity index (χ4n) is 2.04. The van der Waals surface area contributed by atoms with Crippen LogP contribution in [0.15, 0.2) is 17.5 Å². The van der Waals surface area contributed by atoms with Crippen LogP contribution in [0.2, 0.25) is 0 Å². The summed E-state index contributed by atoms with van der Waals surface area (Å²) < 4.78 is 22.1. The molecule has 0 radical (unpaired) electrons. The van der Waals surface area contributed by atoms with E-state index in [2.05, 4.69) is 11.4 Å². The van der Waals surface area contributed by atoms with E-state index in [4.69, 9.17) is 5.14 Å². The quantitative estimate of drug-likeness (QED) is 0.860. The molecular formula is C9H15ClN2O2S2. The normalized spacial score (nSPS) is 25.3. The van der Waals surface area contributed by atoms with Gasteiger partial charge in [0.2, 0.25) is 10.0 Å². The Kier molecular flexibility index (Phi) is 4.75. The molecule has 7 heteroatoms. The van der Waals surface area contributed by atoms with Crippen molar-refractivity contribution < 1.29 is 8.42 Å². The van der Waals surface area contributed by atoms with Gasteiger partial charge < -0.3 is 5.32 Å². The number of rotatable bonds is 3. The van der Waals surface area contributed by atoms with Gasteiger partial charge in [0.15, 0.2) is 0 Å². The third-order valence-electron chi connectivity index (χ3n) is 2.69. The van der Waals surface area contributed by atoms with Crippen LogP contribution in [0.4, 0.5) is 0 Å². The van der Waals surface area contributed by atoms with Crippen LogP contribution in [0.25, 0.3) is 0 Å². The van der Waals surface area contributed by atoms with Crippen LogP contribution in [0.5, 0.6) is 0 Å². The summed E-state index contributed by atoms with van der Waals surface area (Å²) in [7, 11) is -3.37. The SMILES string of the molecule is Cl.NS(=O)(=O)CC1CNCC1c1cccs1. The van der Waals surface area contributed by atoms with Crippen molar-refractivity contribution in [2.24, 2.45) is 11.1 Å². The van der Waals surface area contributed by atoms with Crippen molar-refractivity contribution in [2.45, 2.75) is 5.92 Å². The molecule has 0 amide bonds. The molecule has 2 heterocycles. The van der Waals surface area contributed by atoms with Crippen molar-refractivity contribution in [2.75, 3.05) is 18.8 Å². The van der Waals surface area contributed by atoms with Crippen LogP contribution < -0.4 is 10.5 Å². The Labute approximate surface area is 106 Å². The lowest BCUT2D eigenvalue weighted by Gasteiger charge is -2.15. The molecule has 2 atom stereocenters. The topological polar surface area (TPSA) is 72.2 Å². The second-order valence-electron chi connectivity index (χ2n) is 3.87. The van der Waals surface area contributed by atoms with E-state index >= 15 is 0 Å². The minimum absolute atomic E-state index is 0. The summed E-state index contributed by atoms with van der Waals surface area (Å²) in [4.78, 5) is 1.24. The number of hydrogen-bond donors (Lipinski definition) is 2. The Hall–Kier alpha value is -0.140. The van der Waals surface area contributed by atoms with Crippen LogP contribution >= 0.6 is 23.7 Å². The second kappa shape index (κ2) is 5.46. The van der Waals surface area contributed by atoms with Gasteiger partial charge in [-0.15, -0.1) is 23.7 Å². The standard InChI is InChI=1S/C9H14N2O2S2.ClH/c10-15(12,13)6-7-4-11-5-8(7)9-2-1-3-14-9;/h1-3,7-8,11H,4-6H2,(H2,10,12,13);1H. The predicted octanol–water partition coefficient (Wildman–Crippen LogP) is 0.761. The molecule has 0 aromatic carbocycles. The molecule has 4 nitrogen and oxygen atoms in total. The Morgan fingerprint density at radius 3 is 2.81 bits per heavy atom. The summed E-state index contributed by atoms with van der Waals surface area (Å²) in [5.41, 5.74) is 0. The third kappa shape index (κ3) is 3.43. The summed E-state index contributed by atoms with van der Waals surface area (Å²) in [6.07, 6.45) is 0. The Balaban J connectivity index is 0.00000128. The fraction of sp³-hybridized carbons (Fsp3) is 0.556. The highest BCUT2D eigenvalue weighted by atomic mass is 35.5. The summed E-state index contributed by atoms with van der Waals surface area (Å²) in [6, 6.07) is 4.05. The van der Waals surface area contributed by atoms with E-state index in [9.17, 15) is 8.42 Å². The van der Waals surface area contributed by atoms with Gasteiger partial charge in [0.1, 0.15) is 0 Å². The van der Waals surface area contributed by atoms with Crippen molar-refractivity contribution in [1.82, 2.24) is 5.32 Å². The molecule has 1 saturated heterocycles. The fourth-order valence-corrected chi connectivity index (χ4v) is 3.91. The van der Waals surface area contributed by atoms with Crippen molar-refractivity contribution >= 4 is 33.8 Å². The highest BCUT2D eigenvalue weighted by molar-refractivity contribution is 7.89. The number of nitrogens with two attached hydrogens (primary N) is 1.